The Balaban J connectivity index is 2.02. The Bertz CT molecular complexity index is 358. The minimum absolute atomic E-state index is 0.156. The van der Waals surface area contributed by atoms with Crippen LogP contribution in [0.5, 0.6) is 0 Å². The summed E-state index contributed by atoms with van der Waals surface area (Å²) in [6, 6.07) is -0.206. The van der Waals surface area contributed by atoms with Crippen LogP contribution in [-0.2, 0) is 9.59 Å². The summed E-state index contributed by atoms with van der Waals surface area (Å²) in [6.45, 7) is 4.22. The van der Waals surface area contributed by atoms with Crippen LogP contribution < -0.4 is 10.6 Å². The van der Waals surface area contributed by atoms with Crippen LogP contribution in [0, 0.1) is 11.8 Å². The lowest BCUT2D eigenvalue weighted by molar-refractivity contribution is -0.147. The van der Waals surface area contributed by atoms with E-state index in [1.54, 1.807) is 13.8 Å². The predicted molar refractivity (Wildman–Crippen MR) is 67.1 cm³/mol. The van der Waals surface area contributed by atoms with Gasteiger partial charge in [-0.2, -0.15) is 0 Å². The van der Waals surface area contributed by atoms with Crippen LogP contribution in [-0.4, -0.2) is 35.1 Å². The summed E-state index contributed by atoms with van der Waals surface area (Å²) in [4.78, 5) is 23.4. The van der Waals surface area contributed by atoms with Gasteiger partial charge in [0.1, 0.15) is 5.54 Å². The number of hydrogen-bond donors (Lipinski definition) is 3. The molecule has 0 spiro atoms. The van der Waals surface area contributed by atoms with Crippen LogP contribution in [0.1, 0.15) is 39.5 Å². The number of rotatable bonds is 4. The molecule has 5 nitrogen and oxygen atoms in total. The van der Waals surface area contributed by atoms with E-state index >= 15 is 0 Å². The highest BCUT2D eigenvalue weighted by molar-refractivity contribution is 5.89. The van der Waals surface area contributed by atoms with Gasteiger partial charge in [0, 0.05) is 0 Å². The SMILES string of the molecule is CCC(C)(NC(=O)C1NCC2CCCC21)C(=O)O. The molecule has 102 valence electrons. The van der Waals surface area contributed by atoms with E-state index in [9.17, 15) is 14.7 Å². The molecule has 18 heavy (non-hydrogen) atoms. The Labute approximate surface area is 107 Å². The van der Waals surface area contributed by atoms with Gasteiger partial charge in [-0.05, 0) is 44.6 Å². The smallest absolute Gasteiger partial charge is 0.329 e. The number of aliphatic carboxylic acids is 1. The molecule has 0 radical (unpaired) electrons. The van der Waals surface area contributed by atoms with Crippen molar-refractivity contribution >= 4 is 11.9 Å². The van der Waals surface area contributed by atoms with Crippen LogP contribution in [0.4, 0.5) is 0 Å². The van der Waals surface area contributed by atoms with E-state index in [2.05, 4.69) is 10.6 Å². The quantitative estimate of drug-likeness (QED) is 0.691. The summed E-state index contributed by atoms with van der Waals surface area (Å²) in [5.41, 5.74) is -1.16. The van der Waals surface area contributed by atoms with Crippen LogP contribution in [0.25, 0.3) is 0 Å². The van der Waals surface area contributed by atoms with E-state index in [-0.39, 0.29) is 11.9 Å². The molecule has 0 aromatic rings. The van der Waals surface area contributed by atoms with Gasteiger partial charge in [0.2, 0.25) is 5.91 Å². The number of nitrogens with one attached hydrogen (secondary N) is 2. The molecule has 4 atom stereocenters. The van der Waals surface area contributed by atoms with Gasteiger partial charge in [-0.3, -0.25) is 4.79 Å². The summed E-state index contributed by atoms with van der Waals surface area (Å²) < 4.78 is 0. The predicted octanol–water partition coefficient (Wildman–Crippen LogP) is 0.744. The van der Waals surface area contributed by atoms with Crippen molar-refractivity contribution in [2.45, 2.75) is 51.1 Å². The molecule has 3 N–H and O–H groups in total. The molecule has 2 rings (SSSR count). The van der Waals surface area contributed by atoms with Crippen LogP contribution in [0.3, 0.4) is 0 Å². The summed E-state index contributed by atoms with van der Waals surface area (Å²) in [7, 11) is 0. The van der Waals surface area contributed by atoms with E-state index in [1.807, 2.05) is 0 Å². The van der Waals surface area contributed by atoms with Crippen molar-refractivity contribution in [1.29, 1.82) is 0 Å². The van der Waals surface area contributed by atoms with Crippen LogP contribution in [0.15, 0.2) is 0 Å². The molecule has 0 aromatic carbocycles. The Morgan fingerprint density at radius 3 is 2.78 bits per heavy atom. The fraction of sp³-hybridized carbons (Fsp3) is 0.846. The molecule has 2 fully saturated rings. The summed E-state index contributed by atoms with van der Waals surface area (Å²) in [5, 5.41) is 15.1. The highest BCUT2D eigenvalue weighted by Gasteiger charge is 2.44. The fourth-order valence-corrected chi connectivity index (χ4v) is 3.12. The molecule has 1 amide bonds. The van der Waals surface area contributed by atoms with Crippen LogP contribution in [0.2, 0.25) is 0 Å². The van der Waals surface area contributed by atoms with Crippen LogP contribution >= 0.6 is 0 Å². The number of amides is 1. The van der Waals surface area contributed by atoms with E-state index in [4.69, 9.17) is 0 Å². The first-order chi connectivity index (χ1) is 8.48. The van der Waals surface area contributed by atoms with Gasteiger partial charge in [-0.25, -0.2) is 4.79 Å². The lowest BCUT2D eigenvalue weighted by atomic mass is 9.92. The monoisotopic (exact) mass is 254 g/mol. The minimum Gasteiger partial charge on any atom is -0.480 e. The second kappa shape index (κ2) is 4.88. The van der Waals surface area contributed by atoms with Gasteiger partial charge in [-0.1, -0.05) is 13.3 Å². The molecular formula is C13H22N2O3. The first-order valence-electron chi connectivity index (χ1n) is 6.76. The molecule has 1 aliphatic carbocycles. The zero-order valence-electron chi connectivity index (χ0n) is 11.0. The number of carboxylic acids is 1. The first kappa shape index (κ1) is 13.3. The first-order valence-corrected chi connectivity index (χ1v) is 6.76. The van der Waals surface area contributed by atoms with Gasteiger partial charge in [0.25, 0.3) is 0 Å². The summed E-state index contributed by atoms with van der Waals surface area (Å²) in [6.07, 6.45) is 3.83. The second-order valence-electron chi connectivity index (χ2n) is 5.72. The molecule has 5 heteroatoms. The maximum atomic E-state index is 12.2. The molecule has 2 aliphatic rings. The molecule has 1 saturated heterocycles. The number of fused-ring (bicyclic) bond motifs is 1. The lowest BCUT2D eigenvalue weighted by Gasteiger charge is -2.28. The molecule has 1 saturated carbocycles. The van der Waals surface area contributed by atoms with E-state index in [0.717, 1.165) is 13.0 Å². The topological polar surface area (TPSA) is 78.4 Å². The molecule has 1 heterocycles. The normalized spacial score (nSPS) is 33.8. The molecule has 0 aromatic heterocycles. The average molecular weight is 254 g/mol. The van der Waals surface area contributed by atoms with E-state index in [0.29, 0.717) is 18.3 Å². The van der Waals surface area contributed by atoms with Crippen molar-refractivity contribution in [1.82, 2.24) is 10.6 Å². The summed E-state index contributed by atoms with van der Waals surface area (Å²) in [5.74, 6) is -0.145. The summed E-state index contributed by atoms with van der Waals surface area (Å²) >= 11 is 0. The van der Waals surface area contributed by atoms with E-state index in [1.165, 1.54) is 12.8 Å². The molecular weight excluding hydrogens is 232 g/mol. The van der Waals surface area contributed by atoms with Crippen molar-refractivity contribution in [3.8, 4) is 0 Å². The average Bonchev–Trinajstić information content (AvgIpc) is 2.89. The Kier molecular flexibility index (Phi) is 3.61. The lowest BCUT2D eigenvalue weighted by Crippen LogP contribution is -2.57. The maximum absolute atomic E-state index is 12.2. The molecule has 4 unspecified atom stereocenters. The Hall–Kier alpha value is -1.10. The van der Waals surface area contributed by atoms with Gasteiger partial charge < -0.3 is 15.7 Å². The zero-order valence-corrected chi connectivity index (χ0v) is 11.0. The highest BCUT2D eigenvalue weighted by atomic mass is 16.4. The fourth-order valence-electron chi connectivity index (χ4n) is 3.12. The zero-order chi connectivity index (χ0) is 13.3. The third-order valence-corrected chi connectivity index (χ3v) is 4.61. The third kappa shape index (κ3) is 2.23. The largest absolute Gasteiger partial charge is 0.480 e. The van der Waals surface area contributed by atoms with Crippen molar-refractivity contribution in [3.05, 3.63) is 0 Å². The van der Waals surface area contributed by atoms with Gasteiger partial charge in [0.05, 0.1) is 6.04 Å². The van der Waals surface area contributed by atoms with Gasteiger partial charge >= 0.3 is 5.97 Å². The number of carbonyl (C=O) groups is 2. The standard InChI is InChI=1S/C13H22N2O3/c1-3-13(2,12(17)18)15-11(16)10-9-6-4-5-8(9)7-14-10/h8-10,14H,3-7H2,1-2H3,(H,15,16)(H,17,18). The van der Waals surface area contributed by atoms with Gasteiger partial charge in [0.15, 0.2) is 0 Å². The third-order valence-electron chi connectivity index (χ3n) is 4.61. The molecule has 0 bridgehead atoms. The van der Waals surface area contributed by atoms with E-state index < -0.39 is 11.5 Å². The van der Waals surface area contributed by atoms with Crippen molar-refractivity contribution in [3.63, 3.8) is 0 Å². The maximum Gasteiger partial charge on any atom is 0.329 e. The van der Waals surface area contributed by atoms with Crippen molar-refractivity contribution in [2.75, 3.05) is 6.54 Å². The number of carbonyl (C=O) groups excluding carboxylic acids is 1. The Morgan fingerprint density at radius 1 is 1.44 bits per heavy atom. The highest BCUT2D eigenvalue weighted by Crippen LogP contribution is 2.37. The van der Waals surface area contributed by atoms with Crippen molar-refractivity contribution < 1.29 is 14.7 Å². The number of hydrogen-bond acceptors (Lipinski definition) is 3. The Morgan fingerprint density at radius 2 is 2.17 bits per heavy atom. The second-order valence-corrected chi connectivity index (χ2v) is 5.72. The molecule has 1 aliphatic heterocycles. The minimum atomic E-state index is -1.16. The van der Waals surface area contributed by atoms with Crippen molar-refractivity contribution in [2.24, 2.45) is 11.8 Å². The van der Waals surface area contributed by atoms with Gasteiger partial charge in [-0.15, -0.1) is 0 Å². The number of carboxylic acid groups (broad SMARTS) is 1.